The standard InChI is InChI=1S/C26H27N3O4/c1-26(2,3)33-25(30)29-11-9-28(10-12-29)21-6-4-18(5-7-21)20-14-23-24(27-15-20)22(17-32-23)19-8-13-31-16-19/h4-8,13-17H,9-12H2,1-3H3. The molecule has 0 spiro atoms. The predicted molar refractivity (Wildman–Crippen MR) is 127 cm³/mol. The van der Waals surface area contributed by atoms with Crippen molar-refractivity contribution >= 4 is 22.9 Å². The molecule has 4 aromatic rings. The summed E-state index contributed by atoms with van der Waals surface area (Å²) < 4.78 is 16.4. The lowest BCUT2D eigenvalue weighted by molar-refractivity contribution is 0.0240. The first-order valence-electron chi connectivity index (χ1n) is 11.1. The summed E-state index contributed by atoms with van der Waals surface area (Å²) in [4.78, 5) is 21.0. The third-order valence-corrected chi connectivity index (χ3v) is 5.74. The van der Waals surface area contributed by atoms with Crippen LogP contribution in [-0.2, 0) is 4.74 Å². The van der Waals surface area contributed by atoms with Crippen molar-refractivity contribution in [2.24, 2.45) is 0 Å². The Morgan fingerprint density at radius 3 is 2.39 bits per heavy atom. The molecule has 0 radical (unpaired) electrons. The van der Waals surface area contributed by atoms with Crippen LogP contribution in [0.2, 0.25) is 0 Å². The molecule has 0 N–H and O–H groups in total. The van der Waals surface area contributed by atoms with E-state index in [4.69, 9.17) is 13.6 Å². The molecule has 0 atom stereocenters. The maximum Gasteiger partial charge on any atom is 0.410 e. The summed E-state index contributed by atoms with van der Waals surface area (Å²) in [6.07, 6.45) is 6.67. The minimum atomic E-state index is -0.474. The summed E-state index contributed by atoms with van der Waals surface area (Å²) in [7, 11) is 0. The first-order valence-corrected chi connectivity index (χ1v) is 11.1. The molecular formula is C26H27N3O4. The van der Waals surface area contributed by atoms with Crippen LogP contribution >= 0.6 is 0 Å². The van der Waals surface area contributed by atoms with Crippen molar-refractivity contribution in [2.75, 3.05) is 31.1 Å². The fraction of sp³-hybridized carbons (Fsp3) is 0.308. The van der Waals surface area contributed by atoms with Gasteiger partial charge in [-0.15, -0.1) is 0 Å². The lowest BCUT2D eigenvalue weighted by Gasteiger charge is -2.36. The van der Waals surface area contributed by atoms with Crippen molar-refractivity contribution in [2.45, 2.75) is 26.4 Å². The number of ether oxygens (including phenoxy) is 1. The van der Waals surface area contributed by atoms with Gasteiger partial charge in [0.1, 0.15) is 17.4 Å². The van der Waals surface area contributed by atoms with Gasteiger partial charge in [0.2, 0.25) is 0 Å². The molecule has 1 aliphatic rings. The lowest BCUT2D eigenvalue weighted by Crippen LogP contribution is -2.50. The zero-order chi connectivity index (χ0) is 23.0. The van der Waals surface area contributed by atoms with Crippen molar-refractivity contribution in [3.8, 4) is 22.3 Å². The Labute approximate surface area is 192 Å². The average molecular weight is 446 g/mol. The van der Waals surface area contributed by atoms with Crippen molar-refractivity contribution in [1.29, 1.82) is 0 Å². The van der Waals surface area contributed by atoms with Crippen LogP contribution in [0.1, 0.15) is 20.8 Å². The maximum absolute atomic E-state index is 12.3. The molecule has 170 valence electrons. The molecule has 4 heterocycles. The van der Waals surface area contributed by atoms with Crippen LogP contribution in [0.4, 0.5) is 10.5 Å². The highest BCUT2D eigenvalue weighted by molar-refractivity contribution is 5.92. The van der Waals surface area contributed by atoms with E-state index in [1.807, 2.05) is 39.1 Å². The SMILES string of the molecule is CC(C)(C)OC(=O)N1CCN(c2ccc(-c3cnc4c(-c5ccoc5)coc4c3)cc2)CC1. The second kappa shape index (κ2) is 8.31. The molecule has 5 rings (SSSR count). The number of amides is 1. The number of furan rings is 2. The molecule has 7 nitrogen and oxygen atoms in total. The third-order valence-electron chi connectivity index (χ3n) is 5.74. The molecular weight excluding hydrogens is 418 g/mol. The van der Waals surface area contributed by atoms with Crippen molar-refractivity contribution in [3.63, 3.8) is 0 Å². The molecule has 0 bridgehead atoms. The molecule has 0 aliphatic carbocycles. The second-order valence-electron chi connectivity index (χ2n) is 9.23. The Morgan fingerprint density at radius 1 is 0.970 bits per heavy atom. The highest BCUT2D eigenvalue weighted by Gasteiger charge is 2.26. The van der Waals surface area contributed by atoms with E-state index in [2.05, 4.69) is 34.1 Å². The van der Waals surface area contributed by atoms with Gasteiger partial charge in [0, 0.05) is 54.8 Å². The minimum Gasteiger partial charge on any atom is -0.472 e. The molecule has 1 aliphatic heterocycles. The van der Waals surface area contributed by atoms with Crippen molar-refractivity contribution in [3.05, 3.63) is 61.4 Å². The van der Waals surface area contributed by atoms with E-state index < -0.39 is 5.60 Å². The van der Waals surface area contributed by atoms with Crippen LogP contribution in [0.15, 0.2) is 70.2 Å². The summed E-state index contributed by atoms with van der Waals surface area (Å²) in [5, 5.41) is 0. The summed E-state index contributed by atoms with van der Waals surface area (Å²) in [6.45, 7) is 8.51. The zero-order valence-corrected chi connectivity index (χ0v) is 19.1. The number of nitrogens with zero attached hydrogens (tertiary/aromatic N) is 3. The highest BCUT2D eigenvalue weighted by atomic mass is 16.6. The number of rotatable bonds is 3. The van der Waals surface area contributed by atoms with Crippen molar-refractivity contribution < 1.29 is 18.4 Å². The molecule has 33 heavy (non-hydrogen) atoms. The molecule has 0 unspecified atom stereocenters. The van der Waals surface area contributed by atoms with Crippen LogP contribution in [0.3, 0.4) is 0 Å². The average Bonchev–Trinajstić information content (AvgIpc) is 3.47. The minimum absolute atomic E-state index is 0.241. The summed E-state index contributed by atoms with van der Waals surface area (Å²) >= 11 is 0. The van der Waals surface area contributed by atoms with Gasteiger partial charge in [-0.2, -0.15) is 0 Å². The maximum atomic E-state index is 12.3. The number of anilines is 1. The number of aromatic nitrogens is 1. The quantitative estimate of drug-likeness (QED) is 0.396. The Bertz CT molecular complexity index is 1250. The fourth-order valence-electron chi connectivity index (χ4n) is 4.03. The summed E-state index contributed by atoms with van der Waals surface area (Å²) in [5.74, 6) is 0. The van der Waals surface area contributed by atoms with Gasteiger partial charge in [-0.25, -0.2) is 4.79 Å². The number of hydrogen-bond acceptors (Lipinski definition) is 6. The first-order chi connectivity index (χ1) is 15.9. The number of piperazine rings is 1. The third kappa shape index (κ3) is 4.44. The number of benzene rings is 1. The topological polar surface area (TPSA) is 72.0 Å². The van der Waals surface area contributed by atoms with Crippen LogP contribution in [-0.4, -0.2) is 47.8 Å². The monoisotopic (exact) mass is 445 g/mol. The number of pyridine rings is 1. The molecule has 1 aromatic carbocycles. The van der Waals surface area contributed by atoms with E-state index in [9.17, 15) is 4.79 Å². The van der Waals surface area contributed by atoms with E-state index in [1.165, 1.54) is 0 Å². The van der Waals surface area contributed by atoms with Gasteiger partial charge in [-0.1, -0.05) is 12.1 Å². The number of carbonyl (C=O) groups excluding carboxylic acids is 1. The fourth-order valence-corrected chi connectivity index (χ4v) is 4.03. The van der Waals surface area contributed by atoms with Gasteiger partial charge < -0.3 is 23.4 Å². The van der Waals surface area contributed by atoms with E-state index >= 15 is 0 Å². The largest absolute Gasteiger partial charge is 0.472 e. The molecule has 3 aromatic heterocycles. The zero-order valence-electron chi connectivity index (χ0n) is 19.1. The van der Waals surface area contributed by atoms with Gasteiger partial charge in [0.05, 0.1) is 12.5 Å². The van der Waals surface area contributed by atoms with E-state index in [0.29, 0.717) is 13.1 Å². The van der Waals surface area contributed by atoms with Crippen LogP contribution in [0.5, 0.6) is 0 Å². The highest BCUT2D eigenvalue weighted by Crippen LogP contribution is 2.32. The van der Waals surface area contributed by atoms with Crippen LogP contribution in [0.25, 0.3) is 33.4 Å². The van der Waals surface area contributed by atoms with Gasteiger partial charge in [0.25, 0.3) is 0 Å². The smallest absolute Gasteiger partial charge is 0.410 e. The van der Waals surface area contributed by atoms with Gasteiger partial charge in [-0.05, 0) is 50.6 Å². The second-order valence-corrected chi connectivity index (χ2v) is 9.23. The molecule has 1 saturated heterocycles. The lowest BCUT2D eigenvalue weighted by atomic mass is 10.1. The Hall–Kier alpha value is -3.74. The van der Waals surface area contributed by atoms with Crippen LogP contribution in [0, 0.1) is 0 Å². The number of hydrogen-bond donors (Lipinski definition) is 0. The number of carbonyl (C=O) groups is 1. The first kappa shape index (κ1) is 21.1. The molecule has 1 amide bonds. The van der Waals surface area contributed by atoms with Gasteiger partial charge in [-0.3, -0.25) is 4.98 Å². The Kier molecular flexibility index (Phi) is 5.32. The van der Waals surface area contributed by atoms with E-state index in [0.717, 1.165) is 52.1 Å². The Balaban J connectivity index is 1.26. The van der Waals surface area contributed by atoms with Gasteiger partial charge >= 0.3 is 6.09 Å². The normalized spacial score (nSPS) is 14.6. The van der Waals surface area contributed by atoms with Crippen LogP contribution < -0.4 is 4.90 Å². The molecule has 0 saturated carbocycles. The Morgan fingerprint density at radius 2 is 1.73 bits per heavy atom. The molecule has 7 heteroatoms. The van der Waals surface area contributed by atoms with E-state index in [-0.39, 0.29) is 6.09 Å². The van der Waals surface area contributed by atoms with Gasteiger partial charge in [0.15, 0.2) is 5.58 Å². The number of fused-ring (bicyclic) bond motifs is 1. The molecule has 1 fully saturated rings. The predicted octanol–water partition coefficient (Wildman–Crippen LogP) is 5.81. The summed E-state index contributed by atoms with van der Waals surface area (Å²) in [5.41, 5.74) is 6.16. The van der Waals surface area contributed by atoms with E-state index in [1.54, 1.807) is 23.7 Å². The summed E-state index contributed by atoms with van der Waals surface area (Å²) in [6, 6.07) is 12.3. The van der Waals surface area contributed by atoms with Crippen molar-refractivity contribution in [1.82, 2.24) is 9.88 Å².